The van der Waals surface area contributed by atoms with Crippen LogP contribution in [0, 0.1) is 17.7 Å². The molecule has 1 N–H and O–H groups in total. The van der Waals surface area contributed by atoms with E-state index in [1.165, 1.54) is 6.42 Å². The van der Waals surface area contributed by atoms with Crippen LogP contribution >= 0.6 is 0 Å². The molecule has 106 valence electrons. The van der Waals surface area contributed by atoms with Crippen molar-refractivity contribution in [2.24, 2.45) is 11.8 Å². The SMILES string of the molecule is CCC1CC(CNCC(C)C)(c2ccccc2F)C1. The minimum Gasteiger partial charge on any atom is -0.316 e. The summed E-state index contributed by atoms with van der Waals surface area (Å²) in [5, 5.41) is 3.53. The van der Waals surface area contributed by atoms with Crippen LogP contribution in [0.5, 0.6) is 0 Å². The van der Waals surface area contributed by atoms with Crippen LogP contribution in [0.25, 0.3) is 0 Å². The van der Waals surface area contributed by atoms with Gasteiger partial charge < -0.3 is 5.32 Å². The molecule has 1 fully saturated rings. The van der Waals surface area contributed by atoms with Gasteiger partial charge >= 0.3 is 0 Å². The fourth-order valence-corrected chi connectivity index (χ4v) is 3.28. The van der Waals surface area contributed by atoms with E-state index in [4.69, 9.17) is 0 Å². The lowest BCUT2D eigenvalue weighted by Crippen LogP contribution is -2.49. The lowest BCUT2D eigenvalue weighted by Gasteiger charge is -2.48. The molecular weight excluding hydrogens is 237 g/mol. The predicted octanol–water partition coefficient (Wildman–Crippen LogP) is 4.13. The Bertz CT molecular complexity index is 407. The van der Waals surface area contributed by atoms with Crippen LogP contribution in [0.15, 0.2) is 24.3 Å². The molecule has 1 aliphatic rings. The van der Waals surface area contributed by atoms with E-state index < -0.39 is 0 Å². The Morgan fingerprint density at radius 1 is 1.32 bits per heavy atom. The van der Waals surface area contributed by atoms with E-state index in [0.717, 1.165) is 37.4 Å². The summed E-state index contributed by atoms with van der Waals surface area (Å²) in [5.41, 5.74) is 0.942. The topological polar surface area (TPSA) is 12.0 Å². The maximum Gasteiger partial charge on any atom is 0.127 e. The molecule has 0 radical (unpaired) electrons. The number of halogens is 1. The largest absolute Gasteiger partial charge is 0.316 e. The van der Waals surface area contributed by atoms with E-state index >= 15 is 0 Å². The van der Waals surface area contributed by atoms with Gasteiger partial charge in [-0.25, -0.2) is 4.39 Å². The van der Waals surface area contributed by atoms with Crippen LogP contribution in [0.3, 0.4) is 0 Å². The van der Waals surface area contributed by atoms with Gasteiger partial charge in [-0.2, -0.15) is 0 Å². The van der Waals surface area contributed by atoms with Gasteiger partial charge in [0.25, 0.3) is 0 Å². The minimum absolute atomic E-state index is 0.0287. The monoisotopic (exact) mass is 263 g/mol. The highest BCUT2D eigenvalue weighted by atomic mass is 19.1. The van der Waals surface area contributed by atoms with E-state index in [2.05, 4.69) is 26.1 Å². The smallest absolute Gasteiger partial charge is 0.127 e. The van der Waals surface area contributed by atoms with Gasteiger partial charge in [0.2, 0.25) is 0 Å². The molecule has 0 atom stereocenters. The van der Waals surface area contributed by atoms with Gasteiger partial charge in [-0.15, -0.1) is 0 Å². The van der Waals surface area contributed by atoms with Gasteiger partial charge in [0, 0.05) is 12.0 Å². The Hall–Kier alpha value is -0.890. The van der Waals surface area contributed by atoms with Crippen LogP contribution in [0.1, 0.15) is 45.6 Å². The van der Waals surface area contributed by atoms with Gasteiger partial charge in [0.15, 0.2) is 0 Å². The average molecular weight is 263 g/mol. The fraction of sp³-hybridized carbons (Fsp3) is 0.647. The number of hydrogen-bond acceptors (Lipinski definition) is 1. The first-order valence-electron chi connectivity index (χ1n) is 7.53. The Balaban J connectivity index is 2.10. The molecule has 1 nitrogen and oxygen atoms in total. The lowest BCUT2D eigenvalue weighted by molar-refractivity contribution is 0.129. The molecule has 1 aliphatic carbocycles. The maximum atomic E-state index is 14.1. The van der Waals surface area contributed by atoms with Crippen molar-refractivity contribution in [3.05, 3.63) is 35.6 Å². The highest BCUT2D eigenvalue weighted by Crippen LogP contribution is 2.49. The summed E-state index contributed by atoms with van der Waals surface area (Å²) in [6, 6.07) is 7.31. The van der Waals surface area contributed by atoms with Crippen LogP contribution in [-0.2, 0) is 5.41 Å². The van der Waals surface area contributed by atoms with Crippen molar-refractivity contribution in [2.45, 2.75) is 45.4 Å². The van der Waals surface area contributed by atoms with E-state index in [1.807, 2.05) is 12.1 Å². The van der Waals surface area contributed by atoms with Crippen molar-refractivity contribution in [3.63, 3.8) is 0 Å². The van der Waals surface area contributed by atoms with Gasteiger partial charge in [-0.3, -0.25) is 0 Å². The normalized spacial score (nSPS) is 26.5. The van der Waals surface area contributed by atoms with Crippen LogP contribution < -0.4 is 5.32 Å². The third-order valence-electron chi connectivity index (χ3n) is 4.40. The summed E-state index contributed by atoms with van der Waals surface area (Å²) < 4.78 is 14.1. The van der Waals surface area contributed by atoms with Gasteiger partial charge in [-0.05, 0) is 42.9 Å². The summed E-state index contributed by atoms with van der Waals surface area (Å²) in [4.78, 5) is 0. The molecule has 0 heterocycles. The van der Waals surface area contributed by atoms with Crippen molar-refractivity contribution in [1.29, 1.82) is 0 Å². The summed E-state index contributed by atoms with van der Waals surface area (Å²) in [5.74, 6) is 1.36. The summed E-state index contributed by atoms with van der Waals surface area (Å²) in [6.45, 7) is 8.56. The zero-order valence-corrected chi connectivity index (χ0v) is 12.4. The number of hydrogen-bond donors (Lipinski definition) is 1. The van der Waals surface area contributed by atoms with Crippen LogP contribution in [0.4, 0.5) is 4.39 Å². The van der Waals surface area contributed by atoms with Crippen molar-refractivity contribution >= 4 is 0 Å². The molecule has 0 bridgehead atoms. The number of nitrogens with one attached hydrogen (secondary N) is 1. The molecule has 0 saturated heterocycles. The van der Waals surface area contributed by atoms with Crippen molar-refractivity contribution in [3.8, 4) is 0 Å². The van der Waals surface area contributed by atoms with Crippen molar-refractivity contribution < 1.29 is 4.39 Å². The molecule has 2 rings (SSSR count). The maximum absolute atomic E-state index is 14.1. The minimum atomic E-state index is -0.0385. The van der Waals surface area contributed by atoms with E-state index in [0.29, 0.717) is 5.92 Å². The molecule has 1 saturated carbocycles. The first-order valence-corrected chi connectivity index (χ1v) is 7.53. The zero-order chi connectivity index (χ0) is 13.9. The summed E-state index contributed by atoms with van der Waals surface area (Å²) in [6.07, 6.45) is 3.45. The second kappa shape index (κ2) is 6.04. The molecule has 19 heavy (non-hydrogen) atoms. The standard InChI is InChI=1S/C17H26FN/c1-4-14-9-17(10-14,12-19-11-13(2)3)15-7-5-6-8-16(15)18/h5-8,13-14,19H,4,9-12H2,1-3H3. The highest BCUT2D eigenvalue weighted by molar-refractivity contribution is 5.31. The van der Waals surface area contributed by atoms with Crippen LogP contribution in [0.2, 0.25) is 0 Å². The molecular formula is C17H26FN. The van der Waals surface area contributed by atoms with Gasteiger partial charge in [-0.1, -0.05) is 45.4 Å². The second-order valence-electron chi connectivity index (χ2n) is 6.47. The first-order chi connectivity index (χ1) is 9.07. The van der Waals surface area contributed by atoms with E-state index in [-0.39, 0.29) is 11.2 Å². The number of benzene rings is 1. The van der Waals surface area contributed by atoms with Gasteiger partial charge in [0.05, 0.1) is 0 Å². The third-order valence-corrected chi connectivity index (χ3v) is 4.40. The highest BCUT2D eigenvalue weighted by Gasteiger charge is 2.45. The molecule has 0 aliphatic heterocycles. The molecule has 2 heteroatoms. The van der Waals surface area contributed by atoms with Crippen LogP contribution in [-0.4, -0.2) is 13.1 Å². The van der Waals surface area contributed by atoms with E-state index in [9.17, 15) is 4.39 Å². The molecule has 0 aromatic heterocycles. The fourth-order valence-electron chi connectivity index (χ4n) is 3.28. The summed E-state index contributed by atoms with van der Waals surface area (Å²) >= 11 is 0. The Morgan fingerprint density at radius 2 is 2.00 bits per heavy atom. The molecule has 0 spiro atoms. The molecule has 0 unspecified atom stereocenters. The van der Waals surface area contributed by atoms with E-state index in [1.54, 1.807) is 12.1 Å². The van der Waals surface area contributed by atoms with Crippen molar-refractivity contribution in [2.75, 3.05) is 13.1 Å². The van der Waals surface area contributed by atoms with Gasteiger partial charge in [0.1, 0.15) is 5.82 Å². The molecule has 1 aromatic rings. The second-order valence-corrected chi connectivity index (χ2v) is 6.47. The average Bonchev–Trinajstić information content (AvgIpc) is 2.33. The van der Waals surface area contributed by atoms with Crippen molar-refractivity contribution in [1.82, 2.24) is 5.32 Å². The summed E-state index contributed by atoms with van der Waals surface area (Å²) in [7, 11) is 0. The number of rotatable bonds is 6. The Labute approximate surface area is 116 Å². The third kappa shape index (κ3) is 3.17. The quantitative estimate of drug-likeness (QED) is 0.813. The Morgan fingerprint density at radius 3 is 2.58 bits per heavy atom. The molecule has 1 aromatic carbocycles. The Kier molecular flexibility index (Phi) is 4.62. The lowest BCUT2D eigenvalue weighted by atomic mass is 9.57. The first kappa shape index (κ1) is 14.5. The molecule has 0 amide bonds. The predicted molar refractivity (Wildman–Crippen MR) is 78.8 cm³/mol. The zero-order valence-electron chi connectivity index (χ0n) is 12.4.